The number of aliphatic hydroxyl groups excluding tert-OH is 1. The van der Waals surface area contributed by atoms with Gasteiger partial charge in [-0.05, 0) is 42.0 Å². The molecule has 27 heavy (non-hydrogen) atoms. The number of benzene rings is 1. The fraction of sp³-hybridized carbons (Fsp3) is 0.100. The Labute approximate surface area is 160 Å². The van der Waals surface area contributed by atoms with Crippen LogP contribution in [0.5, 0.6) is 0 Å². The molecule has 6 nitrogen and oxygen atoms in total. The van der Waals surface area contributed by atoms with Gasteiger partial charge in [0, 0.05) is 33.9 Å². The number of anilines is 1. The molecule has 4 rings (SSSR count). The summed E-state index contributed by atoms with van der Waals surface area (Å²) in [7, 11) is 0. The van der Waals surface area contributed by atoms with E-state index in [-0.39, 0.29) is 6.61 Å². The molecule has 3 aromatic heterocycles. The van der Waals surface area contributed by atoms with E-state index in [2.05, 4.69) is 26.5 Å². The predicted molar refractivity (Wildman–Crippen MR) is 107 cm³/mol. The van der Waals surface area contributed by atoms with Crippen LogP contribution in [-0.4, -0.2) is 15.1 Å². The molecule has 3 N–H and O–H groups in total. The smallest absolute Gasteiger partial charge is 0.154 e. The van der Waals surface area contributed by atoms with E-state index in [1.54, 1.807) is 12.3 Å². The lowest BCUT2D eigenvalue weighted by atomic mass is 10.1. The fourth-order valence-electron chi connectivity index (χ4n) is 2.85. The quantitative estimate of drug-likeness (QED) is 0.407. The molecule has 0 atom stereocenters. The van der Waals surface area contributed by atoms with Crippen molar-refractivity contribution in [1.82, 2.24) is 9.97 Å². The summed E-state index contributed by atoms with van der Waals surface area (Å²) in [5, 5.41) is 19.2. The number of nitrogens with one attached hydrogen (secondary N) is 2. The molecule has 0 radical (unpaired) electrons. The Hall–Kier alpha value is -3.16. The summed E-state index contributed by atoms with van der Waals surface area (Å²) in [6, 6.07) is 15.6. The largest absolute Gasteiger partial charge is 0.391 e. The number of aliphatic hydroxyl groups is 1. The zero-order valence-electron chi connectivity index (χ0n) is 14.4. The van der Waals surface area contributed by atoms with E-state index in [1.165, 1.54) is 11.3 Å². The van der Waals surface area contributed by atoms with E-state index in [4.69, 9.17) is 5.53 Å². The van der Waals surface area contributed by atoms with Crippen LogP contribution in [0.15, 0.2) is 65.2 Å². The molecule has 0 unspecified atom stereocenters. The van der Waals surface area contributed by atoms with Gasteiger partial charge in [-0.2, -0.15) is 5.11 Å². The monoisotopic (exact) mass is 375 g/mol. The first kappa shape index (κ1) is 17.3. The average Bonchev–Trinajstić information content (AvgIpc) is 3.21. The molecule has 0 saturated carbocycles. The zero-order valence-corrected chi connectivity index (χ0v) is 15.2. The van der Waals surface area contributed by atoms with Crippen molar-refractivity contribution < 1.29 is 5.11 Å². The van der Waals surface area contributed by atoms with Gasteiger partial charge in [-0.15, -0.1) is 11.3 Å². The highest BCUT2D eigenvalue weighted by molar-refractivity contribution is 7.10. The topological polar surface area (TPSA) is 94.2 Å². The molecule has 4 aromatic rings. The molecule has 134 valence electrons. The molecule has 0 fully saturated rings. The minimum absolute atomic E-state index is 0.0206. The average molecular weight is 375 g/mol. The molecular weight excluding hydrogens is 358 g/mol. The Morgan fingerprint density at radius 3 is 2.89 bits per heavy atom. The molecule has 7 heteroatoms. The molecule has 0 aliphatic rings. The normalized spacial score (nSPS) is 10.9. The van der Waals surface area contributed by atoms with Crippen molar-refractivity contribution >= 4 is 33.7 Å². The van der Waals surface area contributed by atoms with Crippen molar-refractivity contribution in [3.63, 3.8) is 0 Å². The summed E-state index contributed by atoms with van der Waals surface area (Å²) < 4.78 is 0. The predicted octanol–water partition coefficient (Wildman–Crippen LogP) is 5.13. The van der Waals surface area contributed by atoms with Crippen LogP contribution in [0.4, 0.5) is 11.5 Å². The summed E-state index contributed by atoms with van der Waals surface area (Å²) in [6.45, 7) is 0.585. The third-order valence-corrected chi connectivity index (χ3v) is 5.15. The zero-order chi connectivity index (χ0) is 18.6. The van der Waals surface area contributed by atoms with Crippen LogP contribution in [0.1, 0.15) is 10.4 Å². The summed E-state index contributed by atoms with van der Waals surface area (Å²) in [4.78, 5) is 9.85. The van der Waals surface area contributed by atoms with Crippen molar-refractivity contribution in [3.8, 4) is 11.3 Å². The van der Waals surface area contributed by atoms with Gasteiger partial charge in [0.15, 0.2) is 5.82 Å². The Kier molecular flexibility index (Phi) is 4.86. The van der Waals surface area contributed by atoms with Gasteiger partial charge in [0.2, 0.25) is 0 Å². The molecule has 1 aromatic carbocycles. The number of hydrogen-bond acceptors (Lipinski definition) is 7. The molecule has 0 amide bonds. The highest BCUT2D eigenvalue weighted by Gasteiger charge is 2.09. The Balaban J connectivity index is 1.59. The molecule has 0 spiro atoms. The second-order valence-corrected chi connectivity index (χ2v) is 7.02. The molecule has 0 aliphatic heterocycles. The number of fused-ring (bicyclic) bond motifs is 1. The van der Waals surface area contributed by atoms with Crippen molar-refractivity contribution in [2.24, 2.45) is 5.11 Å². The maximum absolute atomic E-state index is 9.25. The second-order valence-electron chi connectivity index (χ2n) is 6.02. The maximum atomic E-state index is 9.25. The van der Waals surface area contributed by atoms with Gasteiger partial charge in [0.05, 0.1) is 17.8 Å². The lowest BCUT2D eigenvalue weighted by Crippen LogP contribution is -2.02. The third kappa shape index (κ3) is 3.69. The van der Waals surface area contributed by atoms with Gasteiger partial charge in [-0.3, -0.25) is 4.98 Å². The molecular formula is C20H17N5OS. The van der Waals surface area contributed by atoms with Crippen molar-refractivity contribution in [2.45, 2.75) is 13.2 Å². The first-order valence-electron chi connectivity index (χ1n) is 8.41. The number of pyridine rings is 2. The molecule has 0 aliphatic carbocycles. The van der Waals surface area contributed by atoms with Gasteiger partial charge in [0.1, 0.15) is 5.69 Å². The first-order valence-corrected chi connectivity index (χ1v) is 9.29. The van der Waals surface area contributed by atoms with Gasteiger partial charge >= 0.3 is 0 Å². The standard InChI is InChI=1S/C20H17N5OS/c21-25-19-6-5-18(15-9-16(11-26)27-12-15)24-20(19)23-10-13-3-4-17-14(8-13)2-1-7-22-17/h1-9,12,21,26H,10-11H2,(H,23,24). The molecule has 0 bridgehead atoms. The SMILES string of the molecule is N=Nc1ccc(-c2csc(CO)c2)nc1NCc1ccc2ncccc2c1. The molecule has 0 saturated heterocycles. The van der Waals surface area contributed by atoms with Gasteiger partial charge < -0.3 is 10.4 Å². The van der Waals surface area contributed by atoms with Crippen LogP contribution in [-0.2, 0) is 13.2 Å². The van der Waals surface area contributed by atoms with Crippen LogP contribution in [0.2, 0.25) is 0 Å². The lowest BCUT2D eigenvalue weighted by Gasteiger charge is -2.10. The first-order chi connectivity index (χ1) is 13.3. The van der Waals surface area contributed by atoms with E-state index in [0.717, 1.165) is 32.6 Å². The van der Waals surface area contributed by atoms with Gasteiger partial charge in [-0.1, -0.05) is 12.1 Å². The Morgan fingerprint density at radius 1 is 1.15 bits per heavy atom. The lowest BCUT2D eigenvalue weighted by molar-refractivity contribution is 0.285. The van der Waals surface area contributed by atoms with E-state index >= 15 is 0 Å². The molecule has 3 heterocycles. The fourth-order valence-corrected chi connectivity index (χ4v) is 3.59. The minimum Gasteiger partial charge on any atom is -0.391 e. The minimum atomic E-state index is 0.0206. The van der Waals surface area contributed by atoms with Crippen LogP contribution in [0.3, 0.4) is 0 Å². The highest BCUT2D eigenvalue weighted by Crippen LogP contribution is 2.30. The summed E-state index contributed by atoms with van der Waals surface area (Å²) >= 11 is 1.49. The van der Waals surface area contributed by atoms with Crippen LogP contribution >= 0.6 is 11.3 Å². The van der Waals surface area contributed by atoms with Crippen LogP contribution in [0, 0.1) is 5.53 Å². The third-order valence-electron chi connectivity index (χ3n) is 4.23. The second kappa shape index (κ2) is 7.61. The van der Waals surface area contributed by atoms with Crippen LogP contribution < -0.4 is 5.32 Å². The Morgan fingerprint density at radius 2 is 2.07 bits per heavy atom. The van der Waals surface area contributed by atoms with E-state index in [9.17, 15) is 5.11 Å². The van der Waals surface area contributed by atoms with E-state index in [0.29, 0.717) is 18.1 Å². The van der Waals surface area contributed by atoms with Crippen LogP contribution in [0.25, 0.3) is 22.2 Å². The maximum Gasteiger partial charge on any atom is 0.154 e. The number of nitrogens with zero attached hydrogens (tertiary/aromatic N) is 3. The van der Waals surface area contributed by atoms with Crippen molar-refractivity contribution in [3.05, 3.63) is 70.5 Å². The van der Waals surface area contributed by atoms with Gasteiger partial charge in [-0.25, -0.2) is 10.5 Å². The van der Waals surface area contributed by atoms with Gasteiger partial charge in [0.25, 0.3) is 0 Å². The van der Waals surface area contributed by atoms with Crippen molar-refractivity contribution in [2.75, 3.05) is 5.32 Å². The Bertz CT molecular complexity index is 1110. The number of thiophene rings is 1. The van der Waals surface area contributed by atoms with E-state index < -0.39 is 0 Å². The summed E-state index contributed by atoms with van der Waals surface area (Å²) in [5.74, 6) is 0.561. The van der Waals surface area contributed by atoms with Crippen molar-refractivity contribution in [1.29, 1.82) is 5.53 Å². The van der Waals surface area contributed by atoms with E-state index in [1.807, 2.05) is 41.8 Å². The number of aromatic nitrogens is 2. The number of hydrogen-bond donors (Lipinski definition) is 3. The highest BCUT2D eigenvalue weighted by atomic mass is 32.1. The number of rotatable bonds is 6. The summed E-state index contributed by atoms with van der Waals surface area (Å²) in [5.41, 5.74) is 11.7. The summed E-state index contributed by atoms with van der Waals surface area (Å²) in [6.07, 6.45) is 1.78.